The van der Waals surface area contributed by atoms with Gasteiger partial charge in [0.2, 0.25) is 5.43 Å². The summed E-state index contributed by atoms with van der Waals surface area (Å²) in [6, 6.07) is 3.24. The zero-order chi connectivity index (χ0) is 10.3. The van der Waals surface area contributed by atoms with Gasteiger partial charge in [-0.25, -0.2) is 9.50 Å². The summed E-state index contributed by atoms with van der Waals surface area (Å²) in [6.07, 6.45) is 0. The Bertz CT molecular complexity index is 600. The Balaban J connectivity index is 3.01. The molecule has 14 heavy (non-hydrogen) atoms. The summed E-state index contributed by atoms with van der Waals surface area (Å²) < 4.78 is 1.63. The van der Waals surface area contributed by atoms with Crippen molar-refractivity contribution in [3.63, 3.8) is 0 Å². The molecule has 0 aliphatic carbocycles. The third-order valence-electron chi connectivity index (χ3n) is 2.10. The van der Waals surface area contributed by atoms with Crippen LogP contribution in [0, 0.1) is 25.2 Å². The van der Waals surface area contributed by atoms with Crippen molar-refractivity contribution in [3.8, 4) is 6.07 Å². The quantitative estimate of drug-likeness (QED) is 0.654. The van der Waals surface area contributed by atoms with Gasteiger partial charge in [-0.2, -0.15) is 5.26 Å². The molecule has 5 nitrogen and oxygen atoms in total. The largest absolute Gasteiger partial charge is 0.288 e. The van der Waals surface area contributed by atoms with Crippen molar-refractivity contribution >= 4 is 5.65 Å². The van der Waals surface area contributed by atoms with Crippen LogP contribution < -0.4 is 5.43 Å². The number of nitrogens with one attached hydrogen (secondary N) is 1. The molecule has 5 heteroatoms. The van der Waals surface area contributed by atoms with E-state index in [9.17, 15) is 4.79 Å². The molecule has 0 atom stereocenters. The highest BCUT2D eigenvalue weighted by molar-refractivity contribution is 5.45. The molecule has 0 unspecified atom stereocenters. The molecule has 2 rings (SSSR count). The molecule has 0 amide bonds. The zero-order valence-corrected chi connectivity index (χ0v) is 7.83. The van der Waals surface area contributed by atoms with E-state index < -0.39 is 0 Å². The summed E-state index contributed by atoms with van der Waals surface area (Å²) in [7, 11) is 0. The fourth-order valence-corrected chi connectivity index (χ4v) is 1.43. The molecule has 2 heterocycles. The van der Waals surface area contributed by atoms with Crippen LogP contribution in [0.1, 0.15) is 17.1 Å². The van der Waals surface area contributed by atoms with Crippen LogP contribution in [-0.2, 0) is 0 Å². The molecule has 0 saturated carbocycles. The topological polar surface area (TPSA) is 73.9 Å². The number of nitrogens with zero attached hydrogens (tertiary/aromatic N) is 3. The summed E-state index contributed by atoms with van der Waals surface area (Å²) in [5.41, 5.74) is 1.02. The Kier molecular flexibility index (Phi) is 1.64. The second-order valence-corrected chi connectivity index (χ2v) is 3.08. The van der Waals surface area contributed by atoms with Gasteiger partial charge in [0.15, 0.2) is 5.65 Å². The van der Waals surface area contributed by atoms with Gasteiger partial charge in [0.05, 0.1) is 5.69 Å². The lowest BCUT2D eigenvalue weighted by atomic mass is 10.2. The van der Waals surface area contributed by atoms with Gasteiger partial charge in [0, 0.05) is 6.07 Å². The second kappa shape index (κ2) is 2.70. The van der Waals surface area contributed by atoms with Gasteiger partial charge in [-0.1, -0.05) is 0 Å². The maximum atomic E-state index is 11.4. The van der Waals surface area contributed by atoms with E-state index in [2.05, 4.69) is 10.1 Å². The molecule has 1 N–H and O–H groups in total. The summed E-state index contributed by atoms with van der Waals surface area (Å²) in [6.45, 7) is 3.51. The summed E-state index contributed by atoms with van der Waals surface area (Å²) >= 11 is 0. The molecule has 0 aromatic carbocycles. The second-order valence-electron chi connectivity index (χ2n) is 3.08. The first-order valence-electron chi connectivity index (χ1n) is 4.12. The number of nitriles is 1. The molecule has 0 fully saturated rings. The van der Waals surface area contributed by atoms with E-state index in [4.69, 9.17) is 5.26 Å². The van der Waals surface area contributed by atoms with E-state index >= 15 is 0 Å². The van der Waals surface area contributed by atoms with Crippen LogP contribution in [0.2, 0.25) is 0 Å². The van der Waals surface area contributed by atoms with Crippen LogP contribution in [-0.4, -0.2) is 14.6 Å². The van der Waals surface area contributed by atoms with Crippen molar-refractivity contribution in [2.75, 3.05) is 0 Å². The number of rotatable bonds is 0. The number of H-pyrrole nitrogens is 1. The average molecular weight is 188 g/mol. The first kappa shape index (κ1) is 8.51. The van der Waals surface area contributed by atoms with Crippen molar-refractivity contribution in [2.24, 2.45) is 0 Å². The van der Waals surface area contributed by atoms with Gasteiger partial charge < -0.3 is 0 Å². The van der Waals surface area contributed by atoms with Crippen LogP contribution in [0.5, 0.6) is 0 Å². The van der Waals surface area contributed by atoms with E-state index in [1.54, 1.807) is 18.4 Å². The third kappa shape index (κ3) is 1.01. The number of aryl methyl sites for hydroxylation is 2. The summed E-state index contributed by atoms with van der Waals surface area (Å²) in [5, 5.41) is 11.7. The van der Waals surface area contributed by atoms with Gasteiger partial charge in [-0.05, 0) is 13.8 Å². The van der Waals surface area contributed by atoms with Crippen LogP contribution in [0.15, 0.2) is 10.9 Å². The Hall–Kier alpha value is -2.09. The molecule has 2 aromatic rings. The number of pyridine rings is 1. The predicted octanol–water partition coefficient (Wildman–Crippen LogP) is 0.511. The molecule has 0 spiro atoms. The normalized spacial score (nSPS) is 10.4. The molecule has 70 valence electrons. The highest BCUT2D eigenvalue weighted by Crippen LogP contribution is 2.05. The molecular weight excluding hydrogens is 180 g/mol. The minimum atomic E-state index is -0.281. The molecule has 0 bridgehead atoms. The van der Waals surface area contributed by atoms with Crippen molar-refractivity contribution in [1.29, 1.82) is 5.26 Å². The SMILES string of the molecule is Cc1nc2cc(=O)c(C#N)c(C)n2[nH]1. The molecule has 0 aliphatic heterocycles. The zero-order valence-electron chi connectivity index (χ0n) is 7.83. The molecule has 2 aromatic heterocycles. The van der Waals surface area contributed by atoms with E-state index in [1.807, 2.05) is 6.07 Å². The Morgan fingerprint density at radius 3 is 2.93 bits per heavy atom. The van der Waals surface area contributed by atoms with Crippen molar-refractivity contribution in [2.45, 2.75) is 13.8 Å². The first-order chi connectivity index (χ1) is 6.63. The Labute approximate surface area is 79.6 Å². The van der Waals surface area contributed by atoms with Crippen LogP contribution >= 0.6 is 0 Å². The number of hydrogen-bond donors (Lipinski definition) is 1. The lowest BCUT2D eigenvalue weighted by Gasteiger charge is -1.98. The average Bonchev–Trinajstić information content (AvgIpc) is 2.47. The fraction of sp³-hybridized carbons (Fsp3) is 0.222. The lowest BCUT2D eigenvalue weighted by Crippen LogP contribution is -2.11. The minimum Gasteiger partial charge on any atom is -0.288 e. The van der Waals surface area contributed by atoms with Crippen molar-refractivity contribution in [1.82, 2.24) is 14.6 Å². The molecule has 0 radical (unpaired) electrons. The van der Waals surface area contributed by atoms with Gasteiger partial charge >= 0.3 is 0 Å². The van der Waals surface area contributed by atoms with Gasteiger partial charge in [0.1, 0.15) is 17.5 Å². The molecular formula is C9H8N4O. The maximum Gasteiger partial charge on any atom is 0.201 e. The van der Waals surface area contributed by atoms with E-state index in [0.29, 0.717) is 17.2 Å². The highest BCUT2D eigenvalue weighted by Gasteiger charge is 2.09. The smallest absolute Gasteiger partial charge is 0.201 e. The fourth-order valence-electron chi connectivity index (χ4n) is 1.43. The standard InChI is InChI=1S/C9H8N4O/c1-5-7(4-10)8(14)3-9-11-6(2)12-13(5)9/h3H,1-2H3,(H,11,12). The van der Waals surface area contributed by atoms with Gasteiger partial charge in [0.25, 0.3) is 0 Å². The monoisotopic (exact) mass is 188 g/mol. The third-order valence-corrected chi connectivity index (χ3v) is 2.10. The first-order valence-corrected chi connectivity index (χ1v) is 4.12. The minimum absolute atomic E-state index is 0.158. The summed E-state index contributed by atoms with van der Waals surface area (Å²) in [5.74, 6) is 0.711. The van der Waals surface area contributed by atoms with Crippen LogP contribution in [0.4, 0.5) is 0 Å². The van der Waals surface area contributed by atoms with Crippen LogP contribution in [0.25, 0.3) is 5.65 Å². The lowest BCUT2D eigenvalue weighted by molar-refractivity contribution is 0.885. The van der Waals surface area contributed by atoms with Crippen molar-refractivity contribution < 1.29 is 0 Å². The summed E-state index contributed by atoms with van der Waals surface area (Å²) in [4.78, 5) is 15.5. The highest BCUT2D eigenvalue weighted by atomic mass is 16.1. The number of hydrogen-bond acceptors (Lipinski definition) is 3. The van der Waals surface area contributed by atoms with E-state index in [0.717, 1.165) is 0 Å². The maximum absolute atomic E-state index is 11.4. The van der Waals surface area contributed by atoms with Gasteiger partial charge in [-0.3, -0.25) is 9.89 Å². The van der Waals surface area contributed by atoms with Crippen molar-refractivity contribution in [3.05, 3.63) is 33.4 Å². The number of fused-ring (bicyclic) bond motifs is 1. The Morgan fingerprint density at radius 1 is 1.57 bits per heavy atom. The van der Waals surface area contributed by atoms with E-state index in [-0.39, 0.29) is 11.0 Å². The number of aromatic nitrogens is 3. The Morgan fingerprint density at radius 2 is 2.29 bits per heavy atom. The molecule has 0 saturated heterocycles. The van der Waals surface area contributed by atoms with Gasteiger partial charge in [-0.15, -0.1) is 0 Å². The van der Waals surface area contributed by atoms with E-state index in [1.165, 1.54) is 6.07 Å². The van der Waals surface area contributed by atoms with Crippen LogP contribution in [0.3, 0.4) is 0 Å². The number of aromatic amines is 1. The molecule has 0 aliphatic rings. The predicted molar refractivity (Wildman–Crippen MR) is 50.0 cm³/mol.